The molecule has 0 bridgehead atoms. The van der Waals surface area contributed by atoms with Crippen LogP contribution >= 0.6 is 0 Å². The van der Waals surface area contributed by atoms with E-state index >= 15 is 0 Å². The van der Waals surface area contributed by atoms with Crippen LogP contribution in [0.1, 0.15) is 61.5 Å². The highest BCUT2D eigenvalue weighted by Gasteiger charge is 2.31. The molecule has 1 aromatic heterocycles. The van der Waals surface area contributed by atoms with Crippen LogP contribution in [0.3, 0.4) is 0 Å². The van der Waals surface area contributed by atoms with E-state index in [4.69, 9.17) is 0 Å². The Morgan fingerprint density at radius 1 is 0.931 bits per heavy atom. The van der Waals surface area contributed by atoms with Crippen molar-refractivity contribution in [2.24, 2.45) is 5.92 Å². The fourth-order valence-electron chi connectivity index (χ4n) is 5.32. The van der Waals surface area contributed by atoms with Gasteiger partial charge in [0.1, 0.15) is 0 Å². The van der Waals surface area contributed by atoms with Crippen LogP contribution in [0.4, 0.5) is 5.69 Å². The molecule has 1 unspecified atom stereocenters. The van der Waals surface area contributed by atoms with Gasteiger partial charge in [-0.2, -0.15) is 0 Å². The number of hydrogen-bond donors (Lipinski definition) is 0. The van der Waals surface area contributed by atoms with Crippen LogP contribution in [0.15, 0.2) is 48.8 Å². The van der Waals surface area contributed by atoms with E-state index in [1.165, 1.54) is 42.5 Å². The summed E-state index contributed by atoms with van der Waals surface area (Å²) in [7, 11) is 0. The number of pyridine rings is 1. The fourth-order valence-corrected chi connectivity index (χ4v) is 5.32. The van der Waals surface area contributed by atoms with Crippen LogP contribution in [0.25, 0.3) is 0 Å². The minimum Gasteiger partial charge on any atom is -0.370 e. The lowest BCUT2D eigenvalue weighted by molar-refractivity contribution is -0.131. The molecular formula is C25H31N3O. The lowest BCUT2D eigenvalue weighted by atomic mass is 9.91. The molecule has 1 atom stereocenters. The molecule has 1 aliphatic carbocycles. The summed E-state index contributed by atoms with van der Waals surface area (Å²) in [5, 5.41) is 0. The van der Waals surface area contributed by atoms with E-state index < -0.39 is 0 Å². The van der Waals surface area contributed by atoms with E-state index in [-0.39, 0.29) is 0 Å². The molecule has 3 aliphatic rings. The van der Waals surface area contributed by atoms with Crippen LogP contribution < -0.4 is 4.90 Å². The average Bonchev–Trinajstić information content (AvgIpc) is 3.40. The molecule has 5 rings (SSSR count). The zero-order valence-electron chi connectivity index (χ0n) is 17.2. The first-order valence-electron chi connectivity index (χ1n) is 11.3. The van der Waals surface area contributed by atoms with Gasteiger partial charge in [0, 0.05) is 62.5 Å². The zero-order valence-corrected chi connectivity index (χ0v) is 17.2. The van der Waals surface area contributed by atoms with Crippen molar-refractivity contribution < 1.29 is 4.79 Å². The largest absolute Gasteiger partial charge is 0.370 e. The monoisotopic (exact) mass is 389 g/mol. The normalized spacial score (nSPS) is 22.8. The number of rotatable bonds is 5. The number of likely N-dealkylation sites (tertiary alicyclic amines) is 1. The number of carbonyl (C=O) groups is 1. The quantitative estimate of drug-likeness (QED) is 0.751. The number of nitrogens with zero attached hydrogens (tertiary/aromatic N) is 3. The van der Waals surface area contributed by atoms with Crippen molar-refractivity contribution in [3.05, 3.63) is 59.9 Å². The Bertz CT molecular complexity index is 823. The molecule has 152 valence electrons. The molecule has 29 heavy (non-hydrogen) atoms. The first-order chi connectivity index (χ1) is 14.3. The van der Waals surface area contributed by atoms with Crippen molar-refractivity contribution in [1.29, 1.82) is 0 Å². The Kier molecular flexibility index (Phi) is 5.26. The molecule has 2 aromatic rings. The van der Waals surface area contributed by atoms with E-state index in [9.17, 15) is 4.79 Å². The standard InChI is InChI=1S/C25H31N3O/c29-25(14-19-4-1-2-5-19)27-13-11-22(16-27)20-7-9-24(10-8-20)28-17-23(18-28)21-6-3-12-26-15-21/h3,6-10,12,15,19,22-23H,1-2,4-5,11,13-14,16-18H2. The summed E-state index contributed by atoms with van der Waals surface area (Å²) in [5.41, 5.74) is 4.03. The Balaban J connectivity index is 1.14. The van der Waals surface area contributed by atoms with Gasteiger partial charge in [-0.3, -0.25) is 9.78 Å². The molecule has 3 heterocycles. The number of amides is 1. The van der Waals surface area contributed by atoms with Gasteiger partial charge >= 0.3 is 0 Å². The lowest BCUT2D eigenvalue weighted by Crippen LogP contribution is -2.45. The minimum atomic E-state index is 0.387. The summed E-state index contributed by atoms with van der Waals surface area (Å²) in [6, 6.07) is 13.3. The van der Waals surface area contributed by atoms with Crippen molar-refractivity contribution in [2.45, 2.75) is 50.4 Å². The average molecular weight is 390 g/mol. The van der Waals surface area contributed by atoms with Gasteiger partial charge in [-0.15, -0.1) is 0 Å². The van der Waals surface area contributed by atoms with Gasteiger partial charge in [-0.05, 0) is 54.5 Å². The van der Waals surface area contributed by atoms with E-state index in [1.807, 2.05) is 18.5 Å². The molecule has 3 fully saturated rings. The van der Waals surface area contributed by atoms with Crippen molar-refractivity contribution >= 4 is 11.6 Å². The second kappa shape index (κ2) is 8.17. The van der Waals surface area contributed by atoms with Crippen LogP contribution in [-0.2, 0) is 4.79 Å². The molecule has 0 spiro atoms. The zero-order chi connectivity index (χ0) is 19.6. The first kappa shape index (κ1) is 18.7. The second-order valence-electron chi connectivity index (χ2n) is 9.16. The van der Waals surface area contributed by atoms with Crippen molar-refractivity contribution in [1.82, 2.24) is 9.88 Å². The summed E-state index contributed by atoms with van der Waals surface area (Å²) in [6.07, 6.45) is 10.8. The highest BCUT2D eigenvalue weighted by atomic mass is 16.2. The van der Waals surface area contributed by atoms with Crippen LogP contribution in [0, 0.1) is 5.92 Å². The Morgan fingerprint density at radius 2 is 1.72 bits per heavy atom. The molecule has 1 aromatic carbocycles. The van der Waals surface area contributed by atoms with Gasteiger partial charge in [0.05, 0.1) is 0 Å². The van der Waals surface area contributed by atoms with Crippen molar-refractivity contribution in [3.63, 3.8) is 0 Å². The third-order valence-electron chi connectivity index (χ3n) is 7.25. The third kappa shape index (κ3) is 4.03. The van der Waals surface area contributed by atoms with E-state index in [1.54, 1.807) is 0 Å². The number of benzene rings is 1. The molecular weight excluding hydrogens is 358 g/mol. The maximum absolute atomic E-state index is 12.6. The van der Waals surface area contributed by atoms with Crippen LogP contribution in [0.5, 0.6) is 0 Å². The second-order valence-corrected chi connectivity index (χ2v) is 9.16. The lowest BCUT2D eigenvalue weighted by Gasteiger charge is -2.41. The van der Waals surface area contributed by atoms with Gasteiger partial charge in [0.25, 0.3) is 0 Å². The molecule has 2 aliphatic heterocycles. The molecule has 0 N–H and O–H groups in total. The van der Waals surface area contributed by atoms with Gasteiger partial charge in [-0.1, -0.05) is 31.0 Å². The summed E-state index contributed by atoms with van der Waals surface area (Å²) >= 11 is 0. The topological polar surface area (TPSA) is 36.4 Å². The maximum Gasteiger partial charge on any atom is 0.222 e. The van der Waals surface area contributed by atoms with Crippen LogP contribution in [0.2, 0.25) is 0 Å². The van der Waals surface area contributed by atoms with E-state index in [2.05, 4.69) is 45.1 Å². The summed E-state index contributed by atoms with van der Waals surface area (Å²) in [6.45, 7) is 3.96. The summed E-state index contributed by atoms with van der Waals surface area (Å²) in [4.78, 5) is 21.4. The predicted octanol–water partition coefficient (Wildman–Crippen LogP) is 4.58. The molecule has 1 saturated carbocycles. The van der Waals surface area contributed by atoms with E-state index in [0.29, 0.717) is 23.7 Å². The minimum absolute atomic E-state index is 0.387. The molecule has 2 saturated heterocycles. The smallest absolute Gasteiger partial charge is 0.222 e. The Labute approximate surface area is 173 Å². The van der Waals surface area contributed by atoms with Gasteiger partial charge < -0.3 is 9.80 Å². The Morgan fingerprint density at radius 3 is 2.45 bits per heavy atom. The highest BCUT2D eigenvalue weighted by Crippen LogP contribution is 2.34. The molecule has 0 radical (unpaired) electrons. The van der Waals surface area contributed by atoms with Gasteiger partial charge in [-0.25, -0.2) is 0 Å². The number of aromatic nitrogens is 1. The van der Waals surface area contributed by atoms with Gasteiger partial charge in [0.2, 0.25) is 5.91 Å². The number of hydrogen-bond acceptors (Lipinski definition) is 3. The number of anilines is 1. The molecule has 4 heteroatoms. The van der Waals surface area contributed by atoms with E-state index in [0.717, 1.165) is 39.0 Å². The van der Waals surface area contributed by atoms with Gasteiger partial charge in [0.15, 0.2) is 0 Å². The van der Waals surface area contributed by atoms with Crippen LogP contribution in [-0.4, -0.2) is 42.0 Å². The molecule has 1 amide bonds. The number of carbonyl (C=O) groups excluding carboxylic acids is 1. The maximum atomic E-state index is 12.6. The first-order valence-corrected chi connectivity index (χ1v) is 11.3. The SMILES string of the molecule is O=C(CC1CCCC1)N1CCC(c2ccc(N3CC(c4cccnc4)C3)cc2)C1. The highest BCUT2D eigenvalue weighted by molar-refractivity contribution is 5.77. The summed E-state index contributed by atoms with van der Waals surface area (Å²) < 4.78 is 0. The van der Waals surface area contributed by atoms with Crippen molar-refractivity contribution in [2.75, 3.05) is 31.1 Å². The van der Waals surface area contributed by atoms with Crippen molar-refractivity contribution in [3.8, 4) is 0 Å². The fraction of sp³-hybridized carbons (Fsp3) is 0.520. The summed E-state index contributed by atoms with van der Waals surface area (Å²) in [5.74, 6) is 2.12. The Hall–Kier alpha value is -2.36. The third-order valence-corrected chi connectivity index (χ3v) is 7.25. The molecule has 4 nitrogen and oxygen atoms in total. The predicted molar refractivity (Wildman–Crippen MR) is 116 cm³/mol.